The van der Waals surface area contributed by atoms with E-state index in [0.717, 1.165) is 48.3 Å². The van der Waals surface area contributed by atoms with E-state index in [-0.39, 0.29) is 17.8 Å². The first-order chi connectivity index (χ1) is 17.1. The van der Waals surface area contributed by atoms with E-state index in [1.807, 2.05) is 6.92 Å². The number of rotatable bonds is 9. The summed E-state index contributed by atoms with van der Waals surface area (Å²) in [6.45, 7) is 6.99. The number of hydrogen-bond donors (Lipinski definition) is 2. The fraction of sp³-hybridized carbons (Fsp3) is 0.480. The van der Waals surface area contributed by atoms with E-state index >= 15 is 0 Å². The van der Waals surface area contributed by atoms with Gasteiger partial charge in [0.25, 0.3) is 5.91 Å². The lowest BCUT2D eigenvalue weighted by Gasteiger charge is -2.17. The van der Waals surface area contributed by atoms with Gasteiger partial charge in [0.05, 0.1) is 29.2 Å². The van der Waals surface area contributed by atoms with Crippen molar-refractivity contribution in [1.29, 1.82) is 0 Å². The molecule has 2 fully saturated rings. The first kappa shape index (κ1) is 23.9. The van der Waals surface area contributed by atoms with Gasteiger partial charge in [-0.3, -0.25) is 4.79 Å². The van der Waals surface area contributed by atoms with Gasteiger partial charge in [-0.05, 0) is 63.5 Å². The van der Waals surface area contributed by atoms with Crippen LogP contribution in [0.2, 0.25) is 0 Å². The number of aryl methyl sites for hydroxylation is 1. The van der Waals surface area contributed by atoms with E-state index in [0.29, 0.717) is 41.9 Å². The van der Waals surface area contributed by atoms with Crippen molar-refractivity contribution in [2.75, 3.05) is 44.7 Å². The number of thiophene rings is 1. The maximum Gasteiger partial charge on any atom is 0.261 e. The van der Waals surface area contributed by atoms with Crippen molar-refractivity contribution in [2.24, 2.45) is 0 Å². The van der Waals surface area contributed by atoms with Crippen LogP contribution in [0.5, 0.6) is 5.75 Å². The summed E-state index contributed by atoms with van der Waals surface area (Å²) in [5.41, 5.74) is 1.41. The Morgan fingerprint density at radius 1 is 1.31 bits per heavy atom. The third kappa shape index (κ3) is 5.55. The quantitative estimate of drug-likeness (QED) is 0.425. The van der Waals surface area contributed by atoms with Crippen LogP contribution in [-0.4, -0.2) is 66.3 Å². The Hall–Kier alpha value is -2.82. The first-order valence-electron chi connectivity index (χ1n) is 12.1. The molecule has 1 atom stereocenters. The van der Waals surface area contributed by atoms with Crippen LogP contribution in [-0.2, 0) is 4.74 Å². The number of likely N-dealkylation sites (tertiary alicyclic amines) is 1. The summed E-state index contributed by atoms with van der Waals surface area (Å²) in [5.74, 6) is 0.477. The number of anilines is 2. The number of halogens is 1. The van der Waals surface area contributed by atoms with Gasteiger partial charge in [-0.15, -0.1) is 11.3 Å². The van der Waals surface area contributed by atoms with Crippen molar-refractivity contribution in [3.63, 3.8) is 0 Å². The van der Waals surface area contributed by atoms with Crippen molar-refractivity contribution < 1.29 is 18.7 Å². The Kier molecular flexibility index (Phi) is 7.40. The topological polar surface area (TPSA) is 88.6 Å². The van der Waals surface area contributed by atoms with Crippen LogP contribution < -0.4 is 15.4 Å². The van der Waals surface area contributed by atoms with Gasteiger partial charge in [-0.2, -0.15) is 0 Å². The Morgan fingerprint density at radius 3 is 2.97 bits per heavy atom. The second kappa shape index (κ2) is 10.8. The van der Waals surface area contributed by atoms with E-state index in [1.54, 1.807) is 6.07 Å². The zero-order valence-corrected chi connectivity index (χ0v) is 20.6. The zero-order valence-electron chi connectivity index (χ0n) is 19.8. The molecule has 0 radical (unpaired) electrons. The summed E-state index contributed by atoms with van der Waals surface area (Å²) in [4.78, 5) is 25.5. The molecular weight excluding hydrogens is 469 g/mol. The van der Waals surface area contributed by atoms with E-state index in [4.69, 9.17) is 9.47 Å². The Balaban J connectivity index is 1.32. The van der Waals surface area contributed by atoms with Gasteiger partial charge in [0, 0.05) is 19.0 Å². The number of nitrogens with one attached hydrogen (secondary N) is 2. The minimum absolute atomic E-state index is 0.0927. The number of nitrogens with zero attached hydrogens (tertiary/aromatic N) is 3. The van der Waals surface area contributed by atoms with Gasteiger partial charge in [-0.1, -0.05) is 0 Å². The van der Waals surface area contributed by atoms with E-state index in [9.17, 15) is 9.18 Å². The number of aromatic nitrogens is 2. The predicted molar refractivity (Wildman–Crippen MR) is 134 cm³/mol. The highest BCUT2D eigenvalue weighted by atomic mass is 32.1. The normalized spacial score (nSPS) is 18.3. The molecule has 0 saturated carbocycles. The third-order valence-electron chi connectivity index (χ3n) is 6.45. The predicted octanol–water partition coefficient (Wildman–Crippen LogP) is 4.27. The highest BCUT2D eigenvalue weighted by Gasteiger charge is 2.22. The van der Waals surface area contributed by atoms with Crippen molar-refractivity contribution in [3.8, 4) is 5.75 Å². The largest absolute Gasteiger partial charge is 0.486 e. The summed E-state index contributed by atoms with van der Waals surface area (Å²) >= 11 is 1.35. The summed E-state index contributed by atoms with van der Waals surface area (Å²) in [5, 5.41) is 7.11. The van der Waals surface area contributed by atoms with Gasteiger partial charge in [0.1, 0.15) is 34.6 Å². The second-order valence-corrected chi connectivity index (χ2v) is 9.98. The zero-order chi connectivity index (χ0) is 24.2. The molecule has 35 heavy (non-hydrogen) atoms. The molecule has 2 saturated heterocycles. The van der Waals surface area contributed by atoms with Crippen LogP contribution in [0.4, 0.5) is 15.9 Å². The highest BCUT2D eigenvalue weighted by Crippen LogP contribution is 2.37. The molecule has 10 heteroatoms. The van der Waals surface area contributed by atoms with Gasteiger partial charge >= 0.3 is 0 Å². The summed E-state index contributed by atoms with van der Waals surface area (Å²) in [6.07, 6.45) is 5.57. The monoisotopic (exact) mass is 499 g/mol. The number of benzene rings is 1. The van der Waals surface area contributed by atoms with Crippen LogP contribution in [0.25, 0.3) is 10.2 Å². The van der Waals surface area contributed by atoms with Gasteiger partial charge in [0.15, 0.2) is 0 Å². The maximum atomic E-state index is 14.0. The molecule has 0 aliphatic carbocycles. The molecule has 5 rings (SSSR count). The summed E-state index contributed by atoms with van der Waals surface area (Å²) in [6, 6.07) is 4.37. The van der Waals surface area contributed by atoms with Gasteiger partial charge in [0.2, 0.25) is 0 Å². The number of carbonyl (C=O) groups is 1. The lowest BCUT2D eigenvalue weighted by Crippen LogP contribution is -2.28. The SMILES string of the molecule is Cc1c(C(=O)NCCCN2CCCC2)sc2ncnc(Nc3ccc(F)cc3O[C@H]3CCOC3)c12. The van der Waals surface area contributed by atoms with Crippen molar-refractivity contribution in [2.45, 2.75) is 38.7 Å². The molecule has 0 bridgehead atoms. The number of hydrogen-bond acceptors (Lipinski definition) is 8. The fourth-order valence-corrected chi connectivity index (χ4v) is 5.65. The van der Waals surface area contributed by atoms with Crippen molar-refractivity contribution >= 4 is 39.0 Å². The molecule has 2 aliphatic rings. The van der Waals surface area contributed by atoms with Crippen LogP contribution in [0.15, 0.2) is 24.5 Å². The van der Waals surface area contributed by atoms with Gasteiger partial charge < -0.3 is 25.0 Å². The number of fused-ring (bicyclic) bond motifs is 1. The molecule has 2 aliphatic heterocycles. The molecular formula is C25H30FN5O3S. The maximum absolute atomic E-state index is 14.0. The highest BCUT2D eigenvalue weighted by molar-refractivity contribution is 7.20. The van der Waals surface area contributed by atoms with Gasteiger partial charge in [-0.25, -0.2) is 14.4 Å². The minimum atomic E-state index is -0.382. The Morgan fingerprint density at radius 2 is 2.17 bits per heavy atom. The molecule has 0 spiro atoms. The van der Waals surface area contributed by atoms with Crippen LogP contribution in [0.1, 0.15) is 40.9 Å². The lowest BCUT2D eigenvalue weighted by molar-refractivity contribution is 0.0955. The third-order valence-corrected chi connectivity index (χ3v) is 7.65. The molecule has 0 unspecified atom stereocenters. The molecule has 2 aromatic heterocycles. The van der Waals surface area contributed by atoms with Crippen LogP contribution >= 0.6 is 11.3 Å². The van der Waals surface area contributed by atoms with Crippen molar-refractivity contribution in [3.05, 3.63) is 40.8 Å². The molecule has 4 heterocycles. The Labute approximate surface area is 207 Å². The first-order valence-corrected chi connectivity index (χ1v) is 13.0. The number of amides is 1. The average molecular weight is 500 g/mol. The summed E-state index contributed by atoms with van der Waals surface area (Å²) < 4.78 is 25.4. The van der Waals surface area contributed by atoms with E-state index < -0.39 is 0 Å². The lowest BCUT2D eigenvalue weighted by atomic mass is 10.2. The molecule has 8 nitrogen and oxygen atoms in total. The average Bonchev–Trinajstić information content (AvgIpc) is 3.61. The Bertz CT molecular complexity index is 1190. The van der Waals surface area contributed by atoms with E-state index in [1.165, 1.54) is 42.6 Å². The fourth-order valence-electron chi connectivity index (χ4n) is 4.58. The van der Waals surface area contributed by atoms with Crippen LogP contribution in [0.3, 0.4) is 0 Å². The number of ether oxygens (including phenoxy) is 2. The molecule has 2 N–H and O–H groups in total. The minimum Gasteiger partial charge on any atom is -0.486 e. The molecule has 1 amide bonds. The van der Waals surface area contributed by atoms with Crippen molar-refractivity contribution in [1.82, 2.24) is 20.2 Å². The molecule has 1 aromatic carbocycles. The summed E-state index contributed by atoms with van der Waals surface area (Å²) in [7, 11) is 0. The van der Waals surface area contributed by atoms with E-state index in [2.05, 4.69) is 25.5 Å². The second-order valence-electron chi connectivity index (χ2n) is 8.99. The van der Waals surface area contributed by atoms with Crippen LogP contribution in [0, 0.1) is 12.7 Å². The standard InChI is InChI=1S/C25H30FN5O3S/c1-16-21-23(30-19-6-5-17(26)13-20(19)34-18-7-12-33-14-18)28-15-29-25(21)35-22(16)24(32)27-8-4-11-31-9-2-3-10-31/h5-6,13,15,18H,2-4,7-12,14H2,1H3,(H,27,32)(H,28,29,30)/t18-/m0/s1. The molecule has 186 valence electrons. The molecule has 3 aromatic rings. The smallest absolute Gasteiger partial charge is 0.261 e. The number of carbonyl (C=O) groups excluding carboxylic acids is 1.